The van der Waals surface area contributed by atoms with E-state index in [0.717, 1.165) is 0 Å². The Morgan fingerprint density at radius 1 is 1.15 bits per heavy atom. The van der Waals surface area contributed by atoms with Gasteiger partial charge in [-0.2, -0.15) is 0 Å². The number of hydrogen-bond donors (Lipinski definition) is 4. The van der Waals surface area contributed by atoms with Crippen LogP contribution in [0.5, 0.6) is 0 Å². The Morgan fingerprint density at radius 3 is 2.49 bits per heavy atom. The summed E-state index contributed by atoms with van der Waals surface area (Å²) in [5.41, 5.74) is -4.95. The molecule has 4 aliphatic carbocycles. The van der Waals surface area contributed by atoms with Crippen LogP contribution in [0.4, 0.5) is 14.9 Å². The Labute approximate surface area is 238 Å². The number of fused-ring (bicyclic) bond motifs is 5. The van der Waals surface area contributed by atoms with Crippen LogP contribution in [0, 0.1) is 28.6 Å². The Balaban J connectivity index is 1.33. The molecular weight excluding hydrogens is 531 g/mol. The van der Waals surface area contributed by atoms with Crippen molar-refractivity contribution in [1.82, 2.24) is 5.32 Å². The van der Waals surface area contributed by atoms with Gasteiger partial charge in [0.2, 0.25) is 5.78 Å². The van der Waals surface area contributed by atoms with Crippen molar-refractivity contribution in [3.8, 4) is 0 Å². The number of nitrogens with one attached hydrogen (secondary N) is 2. The first-order chi connectivity index (χ1) is 19.2. The second-order valence-electron chi connectivity index (χ2n) is 12.4. The fraction of sp³-hybridized carbons (Fsp3) is 0.548. The smallest absolute Gasteiger partial charge is 0.412 e. The van der Waals surface area contributed by atoms with E-state index in [9.17, 15) is 29.4 Å². The maximum absolute atomic E-state index is 17.3. The SMILES string of the molecule is CNC(=O)c1ccc(NC(=O)OCC(=O)[C@@]2(O)[C@H](C)C[C@H]3[C@@H]4CCC5=CC(=O)C=C[C@]5(C)[C@@]4(F)[C@@H](O)C[C@@]32C)cc1. The highest BCUT2D eigenvalue weighted by molar-refractivity contribution is 6.01. The molecule has 2 amide bonds. The summed E-state index contributed by atoms with van der Waals surface area (Å²) in [4.78, 5) is 49.8. The lowest BCUT2D eigenvalue weighted by Gasteiger charge is -2.62. The normalized spacial score (nSPS) is 39.1. The van der Waals surface area contributed by atoms with Crippen molar-refractivity contribution in [2.45, 2.75) is 63.8 Å². The zero-order valence-electron chi connectivity index (χ0n) is 23.7. The molecule has 0 spiro atoms. The largest absolute Gasteiger partial charge is 0.441 e. The summed E-state index contributed by atoms with van der Waals surface area (Å²) in [6, 6.07) is 6.07. The van der Waals surface area contributed by atoms with Gasteiger partial charge in [0.25, 0.3) is 5.91 Å². The predicted octanol–water partition coefficient (Wildman–Crippen LogP) is 3.51. The van der Waals surface area contributed by atoms with Gasteiger partial charge in [0.1, 0.15) is 5.60 Å². The first kappa shape index (κ1) is 29.1. The molecule has 0 aromatic heterocycles. The molecule has 9 nitrogen and oxygen atoms in total. The van der Waals surface area contributed by atoms with E-state index in [1.54, 1.807) is 26.8 Å². The number of ketones is 2. The summed E-state index contributed by atoms with van der Waals surface area (Å²) < 4.78 is 22.5. The molecule has 3 fully saturated rings. The summed E-state index contributed by atoms with van der Waals surface area (Å²) in [6.07, 6.45) is 3.05. The van der Waals surface area contributed by atoms with E-state index in [1.807, 2.05) is 0 Å². The minimum Gasteiger partial charge on any atom is -0.441 e. The number of allylic oxidation sites excluding steroid dienone is 4. The summed E-state index contributed by atoms with van der Waals surface area (Å²) in [7, 11) is 1.51. The van der Waals surface area contributed by atoms with Crippen LogP contribution in [0.15, 0.2) is 48.1 Å². The lowest BCUT2D eigenvalue weighted by molar-refractivity contribution is -0.219. The number of aliphatic hydroxyl groups excluding tert-OH is 1. The molecule has 1 aromatic rings. The minimum absolute atomic E-state index is 0.161. The van der Waals surface area contributed by atoms with E-state index in [-0.39, 0.29) is 18.1 Å². The van der Waals surface area contributed by atoms with Crippen LogP contribution in [0.25, 0.3) is 0 Å². The van der Waals surface area contributed by atoms with E-state index >= 15 is 4.39 Å². The van der Waals surface area contributed by atoms with Crippen molar-refractivity contribution in [2.75, 3.05) is 19.0 Å². The molecule has 0 saturated heterocycles. The topological polar surface area (TPSA) is 142 Å². The average molecular weight is 569 g/mol. The number of anilines is 1. The lowest BCUT2D eigenvalue weighted by atomic mass is 9.44. The molecule has 0 unspecified atom stereocenters. The van der Waals surface area contributed by atoms with E-state index in [4.69, 9.17) is 4.74 Å². The molecular formula is C31H37FN2O7. The fourth-order valence-corrected chi connectivity index (χ4v) is 8.38. The van der Waals surface area contributed by atoms with Gasteiger partial charge in [0.05, 0.1) is 6.10 Å². The number of amides is 2. The van der Waals surface area contributed by atoms with Gasteiger partial charge in [0, 0.05) is 35.0 Å². The maximum atomic E-state index is 17.3. The molecule has 5 rings (SSSR count). The molecule has 0 bridgehead atoms. The molecule has 41 heavy (non-hydrogen) atoms. The Hall–Kier alpha value is -3.37. The Kier molecular flexibility index (Phi) is 7.02. The van der Waals surface area contributed by atoms with Crippen LogP contribution in [0.1, 0.15) is 56.8 Å². The fourth-order valence-electron chi connectivity index (χ4n) is 8.38. The van der Waals surface area contributed by atoms with Crippen molar-refractivity contribution in [2.24, 2.45) is 28.6 Å². The standard InChI is InChI=1S/C31H37FN2O7/c1-17-13-23-22-10-7-19-14-21(35)11-12-28(19,2)30(22,32)24(36)15-29(23,3)31(17,40)25(37)16-41-27(39)34-20-8-5-18(6-9-20)26(38)33-4/h5-6,8-9,11-12,14,17,22-24,36,40H,7,10,13,15-16H2,1-4H3,(H,33,38)(H,34,39)/t17-,22+,23+,24+,28+,29+,30+,31+/m1/s1. The minimum atomic E-state index is -2.07. The number of hydrogen-bond acceptors (Lipinski definition) is 7. The third-order valence-corrected chi connectivity index (χ3v) is 10.6. The predicted molar refractivity (Wildman–Crippen MR) is 148 cm³/mol. The number of carbonyl (C=O) groups is 4. The molecule has 8 atom stereocenters. The second kappa shape index (κ2) is 9.87. The summed E-state index contributed by atoms with van der Waals surface area (Å²) >= 11 is 0. The zero-order chi connectivity index (χ0) is 30.0. The maximum Gasteiger partial charge on any atom is 0.412 e. The molecule has 4 N–H and O–H groups in total. The molecule has 220 valence electrons. The van der Waals surface area contributed by atoms with Crippen LogP contribution in [-0.2, 0) is 14.3 Å². The van der Waals surface area contributed by atoms with Crippen molar-refractivity contribution in [3.05, 3.63) is 53.6 Å². The molecule has 0 radical (unpaired) electrons. The Bertz CT molecular complexity index is 1360. The van der Waals surface area contributed by atoms with Crippen LogP contribution in [0.3, 0.4) is 0 Å². The third-order valence-electron chi connectivity index (χ3n) is 10.6. The summed E-state index contributed by atoms with van der Waals surface area (Å²) in [5, 5.41) is 28.4. The lowest BCUT2D eigenvalue weighted by Crippen LogP contribution is -2.69. The van der Waals surface area contributed by atoms with E-state index in [2.05, 4.69) is 10.6 Å². The van der Waals surface area contributed by atoms with Gasteiger partial charge in [-0.05, 0) is 80.9 Å². The van der Waals surface area contributed by atoms with Gasteiger partial charge < -0.3 is 20.3 Å². The number of carbonyl (C=O) groups excluding carboxylic acids is 4. The average Bonchev–Trinajstić information content (AvgIpc) is 3.14. The molecule has 0 aliphatic heterocycles. The number of benzene rings is 1. The van der Waals surface area contributed by atoms with Crippen molar-refractivity contribution in [3.63, 3.8) is 0 Å². The van der Waals surface area contributed by atoms with Gasteiger partial charge in [-0.3, -0.25) is 19.7 Å². The van der Waals surface area contributed by atoms with Crippen LogP contribution in [0.2, 0.25) is 0 Å². The number of alkyl halides is 1. The first-order valence-electron chi connectivity index (χ1n) is 14.0. The summed E-state index contributed by atoms with van der Waals surface area (Å²) in [6.45, 7) is 4.47. The van der Waals surface area contributed by atoms with Crippen molar-refractivity contribution >= 4 is 29.3 Å². The van der Waals surface area contributed by atoms with Crippen LogP contribution in [-0.4, -0.2) is 64.8 Å². The van der Waals surface area contributed by atoms with Crippen molar-refractivity contribution in [1.29, 1.82) is 0 Å². The molecule has 3 saturated carbocycles. The van der Waals surface area contributed by atoms with Gasteiger partial charge in [-0.25, -0.2) is 9.18 Å². The number of rotatable bonds is 5. The van der Waals surface area contributed by atoms with Crippen molar-refractivity contribution < 1.29 is 38.5 Å². The van der Waals surface area contributed by atoms with E-state index in [0.29, 0.717) is 36.1 Å². The molecule has 0 heterocycles. The van der Waals surface area contributed by atoms with E-state index < -0.39 is 64.4 Å². The number of ether oxygens (including phenoxy) is 1. The summed E-state index contributed by atoms with van der Waals surface area (Å²) in [5.74, 6) is -2.83. The molecule has 4 aliphatic rings. The highest BCUT2D eigenvalue weighted by Gasteiger charge is 2.75. The van der Waals surface area contributed by atoms with E-state index in [1.165, 1.54) is 43.5 Å². The quantitative estimate of drug-likeness (QED) is 0.426. The van der Waals surface area contributed by atoms with Crippen LogP contribution < -0.4 is 10.6 Å². The molecule has 10 heteroatoms. The van der Waals surface area contributed by atoms with Gasteiger partial charge >= 0.3 is 6.09 Å². The number of aliphatic hydroxyl groups is 2. The second-order valence-corrected chi connectivity index (χ2v) is 12.4. The van der Waals surface area contributed by atoms with Gasteiger partial charge in [-0.1, -0.05) is 25.5 Å². The highest BCUT2D eigenvalue weighted by Crippen LogP contribution is 2.70. The highest BCUT2D eigenvalue weighted by atomic mass is 19.1. The zero-order valence-corrected chi connectivity index (χ0v) is 23.7. The monoisotopic (exact) mass is 568 g/mol. The van der Waals surface area contributed by atoms with Gasteiger partial charge in [-0.15, -0.1) is 0 Å². The third kappa shape index (κ3) is 4.09. The Morgan fingerprint density at radius 2 is 1.83 bits per heavy atom. The molecule has 1 aromatic carbocycles. The number of Topliss-reactive ketones (excluding diaryl/α,β-unsaturated/α-hetero) is 1. The van der Waals surface area contributed by atoms with Gasteiger partial charge in [0.15, 0.2) is 18.1 Å². The number of halogens is 1. The first-order valence-corrected chi connectivity index (χ1v) is 14.0. The van der Waals surface area contributed by atoms with Crippen LogP contribution >= 0.6 is 0 Å².